The first-order valence-corrected chi connectivity index (χ1v) is 46.2. The third kappa shape index (κ3) is 74.9. The Morgan fingerprint density at radius 2 is 0.471 bits per heavy atom. The molecule has 0 radical (unpaired) electrons. The largest absolute Gasteiger partial charge is 0.472 e. The molecule has 0 aliphatic carbocycles. The van der Waals surface area contributed by atoms with Crippen LogP contribution in [0.25, 0.3) is 0 Å². The Morgan fingerprint density at radius 3 is 0.696 bits per heavy atom. The molecule has 17 nitrogen and oxygen atoms in total. The van der Waals surface area contributed by atoms with Crippen LogP contribution in [-0.2, 0) is 65.4 Å². The highest BCUT2D eigenvalue weighted by molar-refractivity contribution is 7.47. The lowest BCUT2D eigenvalue weighted by Crippen LogP contribution is -2.30. The van der Waals surface area contributed by atoms with E-state index in [1.807, 2.05) is 0 Å². The fraction of sp³-hybridized carbons (Fsp3) is 0.952. The van der Waals surface area contributed by atoms with E-state index < -0.39 is 97.5 Å². The minimum absolute atomic E-state index is 0.107. The third-order valence-corrected chi connectivity index (χ3v) is 21.8. The number of rotatable bonds is 83. The summed E-state index contributed by atoms with van der Waals surface area (Å²) in [6.07, 6.45) is 68.0. The molecule has 3 unspecified atom stereocenters. The average Bonchev–Trinajstić information content (AvgIpc) is 0.933. The zero-order valence-corrected chi connectivity index (χ0v) is 68.5. The maximum absolute atomic E-state index is 13.1. The van der Waals surface area contributed by atoms with Crippen LogP contribution in [0.5, 0.6) is 0 Å². The van der Waals surface area contributed by atoms with Crippen molar-refractivity contribution >= 4 is 39.5 Å². The van der Waals surface area contributed by atoms with Crippen LogP contribution in [0.1, 0.15) is 446 Å². The van der Waals surface area contributed by atoms with Gasteiger partial charge >= 0.3 is 39.5 Å². The van der Waals surface area contributed by atoms with Crippen molar-refractivity contribution in [3.05, 3.63) is 0 Å². The van der Waals surface area contributed by atoms with Crippen LogP contribution in [0.2, 0.25) is 0 Å². The maximum atomic E-state index is 13.1. The van der Waals surface area contributed by atoms with Crippen molar-refractivity contribution in [2.24, 2.45) is 5.92 Å². The Kier molecular flexibility index (Phi) is 74.4. The van der Waals surface area contributed by atoms with Crippen molar-refractivity contribution in [2.45, 2.75) is 464 Å². The predicted octanol–water partition coefficient (Wildman–Crippen LogP) is 25.2. The van der Waals surface area contributed by atoms with Crippen LogP contribution < -0.4 is 0 Å². The lowest BCUT2D eigenvalue weighted by molar-refractivity contribution is -0.161. The zero-order valence-electron chi connectivity index (χ0n) is 66.8. The minimum Gasteiger partial charge on any atom is -0.462 e. The lowest BCUT2D eigenvalue weighted by Gasteiger charge is -2.21. The average molecular weight is 1490 g/mol. The number of ether oxygens (including phenoxy) is 4. The van der Waals surface area contributed by atoms with Crippen LogP contribution in [-0.4, -0.2) is 96.7 Å². The van der Waals surface area contributed by atoms with Gasteiger partial charge in [0.15, 0.2) is 12.2 Å². The standard InChI is InChI=1S/C83H162O17P2/c1-6-10-13-16-19-22-25-27-29-31-32-33-34-35-36-38-40-42-48-53-58-63-68-82(87)99-79(73-94-81(86)67-62-57-52-47-41-39-37-30-28-26-23-20-17-14-11-7-2)75-98-102(91,92)96-71-77(84)70-95-101(89,90)97-74-78(72-93-80(85)66-61-56-51-46-24-21-18-15-12-8-3)100-83(88)69-64-59-54-49-44-43-45-50-55-60-65-76(5)9-4/h76-79,84H,6-75H2,1-5H3,(H,89,90)(H,91,92)/t76?,77-,78+,79+/m0/s1. The van der Waals surface area contributed by atoms with Crippen LogP contribution in [0.15, 0.2) is 0 Å². The van der Waals surface area contributed by atoms with Gasteiger partial charge in [-0.05, 0) is 31.6 Å². The van der Waals surface area contributed by atoms with Crippen LogP contribution >= 0.6 is 15.6 Å². The van der Waals surface area contributed by atoms with Gasteiger partial charge in [-0.2, -0.15) is 0 Å². The number of phosphoric acid groups is 2. The number of hydrogen-bond donors (Lipinski definition) is 3. The van der Waals surface area contributed by atoms with E-state index in [0.29, 0.717) is 25.7 Å². The highest BCUT2D eigenvalue weighted by atomic mass is 31.2. The Hall–Kier alpha value is -1.94. The number of carbonyl (C=O) groups is 4. The number of carbonyl (C=O) groups excluding carboxylic acids is 4. The molecule has 19 heteroatoms. The molecule has 0 rings (SSSR count). The van der Waals surface area contributed by atoms with Gasteiger partial charge in [-0.25, -0.2) is 9.13 Å². The summed E-state index contributed by atoms with van der Waals surface area (Å²) in [6, 6.07) is 0. The molecule has 0 saturated heterocycles. The van der Waals surface area contributed by atoms with Gasteiger partial charge in [0.2, 0.25) is 0 Å². The van der Waals surface area contributed by atoms with Crippen LogP contribution in [0.4, 0.5) is 0 Å². The Balaban J connectivity index is 5.21. The normalized spacial score (nSPS) is 14.1. The van der Waals surface area contributed by atoms with E-state index in [1.54, 1.807) is 0 Å². The SMILES string of the molecule is CCCCCCCCCCCCCCCCCCCCCCCCC(=O)O[C@H](COC(=O)CCCCCCCCCCCCCCCCCC)COP(=O)(O)OC[C@@H](O)COP(=O)(O)OC[C@@H](COC(=O)CCCCCCCCCCCC)OC(=O)CCCCCCCCCCCCC(C)CC. The molecule has 0 amide bonds. The number of unbranched alkanes of at least 4 members (excludes halogenated alkanes) is 54. The first-order valence-electron chi connectivity index (χ1n) is 43.2. The summed E-state index contributed by atoms with van der Waals surface area (Å²) >= 11 is 0. The summed E-state index contributed by atoms with van der Waals surface area (Å²) in [5.41, 5.74) is 0. The lowest BCUT2D eigenvalue weighted by atomic mass is 9.99. The second-order valence-corrected chi connectivity index (χ2v) is 33.0. The Bertz CT molecular complexity index is 1950. The van der Waals surface area contributed by atoms with Crippen molar-refractivity contribution in [1.29, 1.82) is 0 Å². The quantitative estimate of drug-likeness (QED) is 0.0222. The van der Waals surface area contributed by atoms with Gasteiger partial charge in [0, 0.05) is 25.7 Å². The second-order valence-electron chi connectivity index (χ2n) is 30.1. The van der Waals surface area contributed by atoms with Gasteiger partial charge in [0.25, 0.3) is 0 Å². The second kappa shape index (κ2) is 75.9. The third-order valence-electron chi connectivity index (χ3n) is 19.9. The predicted molar refractivity (Wildman–Crippen MR) is 418 cm³/mol. The molecule has 0 aromatic carbocycles. The van der Waals surface area contributed by atoms with Crippen molar-refractivity contribution in [3.63, 3.8) is 0 Å². The monoisotopic (exact) mass is 1490 g/mol. The van der Waals surface area contributed by atoms with Gasteiger partial charge in [-0.3, -0.25) is 37.3 Å². The fourth-order valence-corrected chi connectivity index (χ4v) is 14.5. The molecule has 0 aliphatic rings. The van der Waals surface area contributed by atoms with Crippen molar-refractivity contribution in [3.8, 4) is 0 Å². The Morgan fingerprint density at radius 1 is 0.275 bits per heavy atom. The maximum Gasteiger partial charge on any atom is 0.472 e. The number of hydrogen-bond acceptors (Lipinski definition) is 15. The molecular weight excluding hydrogens is 1330 g/mol. The van der Waals surface area contributed by atoms with E-state index >= 15 is 0 Å². The topological polar surface area (TPSA) is 237 Å². The molecule has 102 heavy (non-hydrogen) atoms. The molecule has 3 N–H and O–H groups in total. The molecule has 0 aromatic heterocycles. The molecule has 0 spiro atoms. The molecular formula is C83H162O17P2. The van der Waals surface area contributed by atoms with E-state index in [9.17, 15) is 43.2 Å². The number of aliphatic hydroxyl groups is 1. The molecule has 0 bridgehead atoms. The molecule has 606 valence electrons. The van der Waals surface area contributed by atoms with E-state index in [0.717, 1.165) is 95.8 Å². The summed E-state index contributed by atoms with van der Waals surface area (Å²) in [5.74, 6) is -1.30. The summed E-state index contributed by atoms with van der Waals surface area (Å²) in [4.78, 5) is 73.1. The van der Waals surface area contributed by atoms with Gasteiger partial charge < -0.3 is 33.8 Å². The number of aliphatic hydroxyl groups excluding tert-OH is 1. The molecule has 0 aromatic rings. The van der Waals surface area contributed by atoms with E-state index in [1.165, 1.54) is 270 Å². The fourth-order valence-electron chi connectivity index (χ4n) is 12.9. The Labute approximate surface area is 626 Å². The molecule has 0 heterocycles. The summed E-state index contributed by atoms with van der Waals surface area (Å²) in [5, 5.41) is 10.7. The van der Waals surface area contributed by atoms with Gasteiger partial charge in [-0.1, -0.05) is 394 Å². The molecule has 6 atom stereocenters. The number of esters is 4. The van der Waals surface area contributed by atoms with Gasteiger partial charge in [-0.15, -0.1) is 0 Å². The summed E-state index contributed by atoms with van der Waals surface area (Å²) in [7, 11) is -9.92. The van der Waals surface area contributed by atoms with Crippen LogP contribution in [0.3, 0.4) is 0 Å². The van der Waals surface area contributed by atoms with E-state index in [4.69, 9.17) is 37.0 Å². The summed E-state index contributed by atoms with van der Waals surface area (Å²) < 4.78 is 68.8. The van der Waals surface area contributed by atoms with Crippen molar-refractivity contribution in [1.82, 2.24) is 0 Å². The first-order chi connectivity index (χ1) is 49.6. The van der Waals surface area contributed by atoms with E-state index in [-0.39, 0.29) is 25.7 Å². The van der Waals surface area contributed by atoms with Crippen molar-refractivity contribution < 1.29 is 80.2 Å². The molecule has 0 saturated carbocycles. The van der Waals surface area contributed by atoms with E-state index in [2.05, 4.69) is 34.6 Å². The highest BCUT2D eigenvalue weighted by Crippen LogP contribution is 2.45. The van der Waals surface area contributed by atoms with Gasteiger partial charge in [0.1, 0.15) is 19.3 Å². The number of phosphoric ester groups is 2. The molecule has 0 aliphatic heterocycles. The van der Waals surface area contributed by atoms with Crippen LogP contribution in [0, 0.1) is 5.92 Å². The minimum atomic E-state index is -4.96. The van der Waals surface area contributed by atoms with Gasteiger partial charge in [0.05, 0.1) is 26.4 Å². The highest BCUT2D eigenvalue weighted by Gasteiger charge is 2.30. The summed E-state index contributed by atoms with van der Waals surface area (Å²) in [6.45, 7) is 7.36. The zero-order chi connectivity index (χ0) is 74.8. The first kappa shape index (κ1) is 100. The van der Waals surface area contributed by atoms with Crippen molar-refractivity contribution in [2.75, 3.05) is 39.6 Å². The smallest absolute Gasteiger partial charge is 0.462 e. The molecule has 0 fully saturated rings.